The maximum absolute atomic E-state index is 14.3. The molecular formula is C27H32O7. The van der Waals surface area contributed by atoms with Crippen molar-refractivity contribution >= 4 is 17.5 Å². The van der Waals surface area contributed by atoms with Crippen LogP contribution in [-0.4, -0.2) is 47.6 Å². The largest absolute Gasteiger partial charge is 0.469 e. The van der Waals surface area contributed by atoms with Gasteiger partial charge in [0.05, 0.1) is 29.8 Å². The SMILES string of the molecule is CC1(C)O[C@@H]2CC(=O)OC[C@]23[C@H]2CC[C@@]4(C)[C@H](c5ccco5)CC(=O)[C@H]5O[C@]54[C@]2(C)C(=O)C[C@@H]13. The Bertz CT molecular complexity index is 1120. The zero-order chi connectivity index (χ0) is 23.9. The first-order valence-electron chi connectivity index (χ1n) is 12.6. The number of rotatable bonds is 1. The summed E-state index contributed by atoms with van der Waals surface area (Å²) in [5.41, 5.74) is -3.13. The summed E-state index contributed by atoms with van der Waals surface area (Å²) in [7, 11) is 0. The second-order valence-corrected chi connectivity index (χ2v) is 12.6. The van der Waals surface area contributed by atoms with Crippen molar-refractivity contribution in [1.82, 2.24) is 0 Å². The van der Waals surface area contributed by atoms with E-state index in [1.807, 2.05) is 32.9 Å². The quantitative estimate of drug-likeness (QED) is 0.459. The summed E-state index contributed by atoms with van der Waals surface area (Å²) in [6.07, 6.45) is 3.34. The molecule has 1 aromatic heterocycles. The van der Waals surface area contributed by atoms with E-state index in [9.17, 15) is 14.4 Å². The van der Waals surface area contributed by atoms with E-state index in [1.54, 1.807) is 6.26 Å². The molecule has 0 radical (unpaired) electrons. The van der Waals surface area contributed by atoms with Gasteiger partial charge in [0.1, 0.15) is 29.9 Å². The van der Waals surface area contributed by atoms with Gasteiger partial charge in [-0.2, -0.15) is 0 Å². The number of esters is 1. The minimum absolute atomic E-state index is 0.0400. The first-order valence-corrected chi connectivity index (χ1v) is 12.6. The molecule has 7 rings (SSSR count). The van der Waals surface area contributed by atoms with E-state index in [2.05, 4.69) is 6.92 Å². The Kier molecular flexibility index (Phi) is 3.78. The molecule has 182 valence electrons. The number of furan rings is 1. The Labute approximate surface area is 198 Å². The van der Waals surface area contributed by atoms with Crippen LogP contribution in [0.15, 0.2) is 22.8 Å². The number of hydrogen-bond donors (Lipinski definition) is 0. The van der Waals surface area contributed by atoms with Gasteiger partial charge in [0, 0.05) is 35.5 Å². The maximum atomic E-state index is 14.3. The highest BCUT2D eigenvalue weighted by Crippen LogP contribution is 2.80. The van der Waals surface area contributed by atoms with Crippen LogP contribution >= 0.6 is 0 Å². The highest BCUT2D eigenvalue weighted by molar-refractivity contribution is 5.96. The molecule has 0 aromatic carbocycles. The monoisotopic (exact) mass is 468 g/mol. The van der Waals surface area contributed by atoms with Crippen LogP contribution in [-0.2, 0) is 28.6 Å². The first kappa shape index (κ1) is 21.3. The van der Waals surface area contributed by atoms with Gasteiger partial charge in [0.25, 0.3) is 0 Å². The number of carbonyl (C=O) groups is 3. The first-order chi connectivity index (χ1) is 16.0. The van der Waals surface area contributed by atoms with Crippen LogP contribution in [0.4, 0.5) is 0 Å². The Morgan fingerprint density at radius 2 is 1.76 bits per heavy atom. The Morgan fingerprint density at radius 3 is 2.50 bits per heavy atom. The van der Waals surface area contributed by atoms with Gasteiger partial charge in [-0.3, -0.25) is 14.4 Å². The predicted molar refractivity (Wildman–Crippen MR) is 118 cm³/mol. The summed E-state index contributed by atoms with van der Waals surface area (Å²) in [6.45, 7) is 8.58. The molecule has 0 bridgehead atoms. The minimum Gasteiger partial charge on any atom is -0.469 e. The van der Waals surface area contributed by atoms with Crippen LogP contribution in [0.2, 0.25) is 0 Å². The summed E-state index contributed by atoms with van der Waals surface area (Å²) >= 11 is 0. The molecule has 0 N–H and O–H groups in total. The van der Waals surface area contributed by atoms with Crippen molar-refractivity contribution in [2.75, 3.05) is 6.61 Å². The summed E-state index contributed by atoms with van der Waals surface area (Å²) < 4.78 is 24.6. The van der Waals surface area contributed by atoms with Crippen LogP contribution in [0.25, 0.3) is 0 Å². The van der Waals surface area contributed by atoms with Gasteiger partial charge in [0.15, 0.2) is 5.78 Å². The molecule has 6 aliphatic rings. The van der Waals surface area contributed by atoms with Crippen molar-refractivity contribution in [3.05, 3.63) is 24.2 Å². The number of carbonyl (C=O) groups excluding carboxylic acids is 3. The van der Waals surface area contributed by atoms with Gasteiger partial charge in [-0.25, -0.2) is 0 Å². The van der Waals surface area contributed by atoms with Gasteiger partial charge in [-0.15, -0.1) is 0 Å². The number of ether oxygens (including phenoxy) is 3. The maximum Gasteiger partial charge on any atom is 0.308 e. The summed E-state index contributed by atoms with van der Waals surface area (Å²) in [5.74, 6) is 0.502. The molecule has 3 saturated heterocycles. The van der Waals surface area contributed by atoms with E-state index in [-0.39, 0.29) is 54.4 Å². The molecule has 4 heterocycles. The third-order valence-corrected chi connectivity index (χ3v) is 11.2. The van der Waals surface area contributed by atoms with Crippen LogP contribution in [0.1, 0.15) is 71.5 Å². The highest BCUT2D eigenvalue weighted by Gasteiger charge is 2.88. The topological polar surface area (TPSA) is 95.3 Å². The molecule has 1 aromatic rings. The fraction of sp³-hybridized carbons (Fsp3) is 0.741. The Hall–Kier alpha value is -1.99. The molecule has 0 unspecified atom stereocenters. The van der Waals surface area contributed by atoms with Crippen molar-refractivity contribution in [1.29, 1.82) is 0 Å². The molecule has 7 nitrogen and oxygen atoms in total. The average Bonchev–Trinajstić information content (AvgIpc) is 3.26. The molecule has 7 heteroatoms. The number of cyclic esters (lactones) is 1. The number of Topliss-reactive ketones (excluding diaryl/α,β-unsaturated/α-hetero) is 2. The fourth-order valence-corrected chi connectivity index (χ4v) is 9.79. The molecule has 3 aliphatic heterocycles. The number of epoxide rings is 1. The fourth-order valence-electron chi connectivity index (χ4n) is 9.79. The lowest BCUT2D eigenvalue weighted by Crippen LogP contribution is -2.72. The summed E-state index contributed by atoms with van der Waals surface area (Å²) in [6, 6.07) is 3.80. The van der Waals surface area contributed by atoms with Crippen LogP contribution < -0.4 is 0 Å². The molecule has 0 amide bonds. The number of fused-ring (bicyclic) bond motifs is 1. The van der Waals surface area contributed by atoms with Crippen molar-refractivity contribution in [2.45, 2.75) is 89.1 Å². The van der Waals surface area contributed by atoms with Crippen molar-refractivity contribution in [2.24, 2.45) is 28.1 Å². The third kappa shape index (κ3) is 2.05. The van der Waals surface area contributed by atoms with E-state index in [1.165, 1.54) is 0 Å². The Balaban J connectivity index is 1.41. The molecule has 9 atom stereocenters. The lowest BCUT2D eigenvalue weighted by molar-refractivity contribution is -0.211. The van der Waals surface area contributed by atoms with Gasteiger partial charge >= 0.3 is 5.97 Å². The molecule has 6 fully saturated rings. The van der Waals surface area contributed by atoms with Crippen LogP contribution in [0, 0.1) is 28.1 Å². The lowest BCUT2D eigenvalue weighted by atomic mass is 9.35. The summed E-state index contributed by atoms with van der Waals surface area (Å²) in [5, 5.41) is 0. The second-order valence-electron chi connectivity index (χ2n) is 12.6. The minimum atomic E-state index is -0.870. The second kappa shape index (κ2) is 6.04. The zero-order valence-corrected chi connectivity index (χ0v) is 20.2. The number of hydrogen-bond acceptors (Lipinski definition) is 7. The lowest BCUT2D eigenvalue weighted by Gasteiger charge is -2.65. The average molecular weight is 469 g/mol. The van der Waals surface area contributed by atoms with Gasteiger partial charge in [-0.1, -0.05) is 6.92 Å². The van der Waals surface area contributed by atoms with Crippen LogP contribution in [0.3, 0.4) is 0 Å². The van der Waals surface area contributed by atoms with E-state index in [4.69, 9.17) is 18.6 Å². The van der Waals surface area contributed by atoms with Gasteiger partial charge in [0.2, 0.25) is 0 Å². The standard InChI is InChI=1S/C27H32O7/c1-23(2)18-11-19(29)25(4)17(26(18)13-32-21(30)12-20(26)33-23)7-8-24(3)14(16-6-5-9-31-16)10-15(28)22-27(24,25)34-22/h5-6,9,14,17-18,20,22H,7-8,10-13H2,1-4H3/t14-,17-,18-,20+,22+,24-,25-,26+,27+/m0/s1. The summed E-state index contributed by atoms with van der Waals surface area (Å²) in [4.78, 5) is 39.9. The van der Waals surface area contributed by atoms with E-state index in [0.29, 0.717) is 12.8 Å². The highest BCUT2D eigenvalue weighted by atomic mass is 16.6. The van der Waals surface area contributed by atoms with E-state index < -0.39 is 33.6 Å². The molecule has 3 saturated carbocycles. The molecule has 34 heavy (non-hydrogen) atoms. The zero-order valence-electron chi connectivity index (χ0n) is 20.2. The molecular weight excluding hydrogens is 436 g/mol. The smallest absolute Gasteiger partial charge is 0.308 e. The van der Waals surface area contributed by atoms with E-state index >= 15 is 0 Å². The third-order valence-electron chi connectivity index (χ3n) is 11.2. The van der Waals surface area contributed by atoms with Crippen LogP contribution in [0.5, 0.6) is 0 Å². The van der Waals surface area contributed by atoms with Gasteiger partial charge < -0.3 is 18.6 Å². The Morgan fingerprint density at radius 1 is 0.971 bits per heavy atom. The van der Waals surface area contributed by atoms with Crippen molar-refractivity contribution in [3.8, 4) is 0 Å². The predicted octanol–water partition coefficient (Wildman–Crippen LogP) is 3.60. The van der Waals surface area contributed by atoms with Crippen molar-refractivity contribution < 1.29 is 33.0 Å². The van der Waals surface area contributed by atoms with E-state index in [0.717, 1.165) is 18.6 Å². The van der Waals surface area contributed by atoms with Gasteiger partial charge in [-0.05, 0) is 51.7 Å². The number of ketones is 2. The molecule has 2 spiro atoms. The normalized spacial score (nSPS) is 52.6. The molecule has 3 aliphatic carbocycles. The van der Waals surface area contributed by atoms with Crippen molar-refractivity contribution in [3.63, 3.8) is 0 Å².